The van der Waals surface area contributed by atoms with Gasteiger partial charge < -0.3 is 5.32 Å². The molecule has 0 spiro atoms. The maximum atomic E-state index is 11.2. The first-order valence-corrected chi connectivity index (χ1v) is 6.23. The maximum Gasteiger partial charge on any atom is 0.220 e. The summed E-state index contributed by atoms with van der Waals surface area (Å²) in [6, 6.07) is 0. The molecule has 0 unspecified atom stereocenters. The summed E-state index contributed by atoms with van der Waals surface area (Å²) in [5, 5.41) is 2.98. The molecule has 0 aromatic heterocycles. The van der Waals surface area contributed by atoms with Gasteiger partial charge in [-0.2, -0.15) is 12.6 Å². The third-order valence-corrected chi connectivity index (χ3v) is 3.29. The molecule has 82 valence electrons. The van der Waals surface area contributed by atoms with E-state index >= 15 is 0 Å². The Morgan fingerprint density at radius 2 is 2.00 bits per heavy atom. The van der Waals surface area contributed by atoms with E-state index in [-0.39, 0.29) is 5.91 Å². The van der Waals surface area contributed by atoms with Crippen LogP contribution in [0.1, 0.15) is 39.0 Å². The molecule has 0 aromatic carbocycles. The van der Waals surface area contributed by atoms with Gasteiger partial charge in [-0.15, -0.1) is 0 Å². The molecule has 1 rings (SSSR count). The minimum atomic E-state index is 0.152. The molecule has 3 heteroatoms. The van der Waals surface area contributed by atoms with Crippen molar-refractivity contribution in [2.75, 3.05) is 12.3 Å². The highest BCUT2D eigenvalue weighted by Crippen LogP contribution is 2.27. The van der Waals surface area contributed by atoms with E-state index < -0.39 is 0 Å². The van der Waals surface area contributed by atoms with Gasteiger partial charge in [0.15, 0.2) is 0 Å². The summed E-state index contributed by atoms with van der Waals surface area (Å²) in [7, 11) is 0. The van der Waals surface area contributed by atoms with E-state index in [1.807, 2.05) is 0 Å². The number of nitrogens with one attached hydrogen (secondary N) is 1. The SMILES string of the molecule is CC1CCC(CNC(=O)CCS)CC1. The highest BCUT2D eigenvalue weighted by molar-refractivity contribution is 7.80. The molecule has 0 saturated heterocycles. The Labute approximate surface area is 92.2 Å². The van der Waals surface area contributed by atoms with Gasteiger partial charge in [0.05, 0.1) is 0 Å². The second-order valence-electron chi connectivity index (χ2n) is 4.40. The second-order valence-corrected chi connectivity index (χ2v) is 4.85. The topological polar surface area (TPSA) is 29.1 Å². The molecule has 2 nitrogen and oxygen atoms in total. The van der Waals surface area contributed by atoms with Crippen molar-refractivity contribution in [3.05, 3.63) is 0 Å². The van der Waals surface area contributed by atoms with Gasteiger partial charge in [-0.1, -0.05) is 19.8 Å². The van der Waals surface area contributed by atoms with Crippen molar-refractivity contribution in [1.82, 2.24) is 5.32 Å². The molecule has 0 atom stereocenters. The van der Waals surface area contributed by atoms with Crippen molar-refractivity contribution in [1.29, 1.82) is 0 Å². The van der Waals surface area contributed by atoms with Crippen LogP contribution in [0.3, 0.4) is 0 Å². The minimum absolute atomic E-state index is 0.152. The largest absolute Gasteiger partial charge is 0.356 e. The zero-order valence-electron chi connectivity index (χ0n) is 8.96. The Bertz CT molecular complexity index is 176. The predicted octanol–water partition coefficient (Wildman–Crippen LogP) is 2.25. The monoisotopic (exact) mass is 215 g/mol. The maximum absolute atomic E-state index is 11.2. The molecule has 1 aliphatic rings. The zero-order valence-corrected chi connectivity index (χ0v) is 9.85. The fraction of sp³-hybridized carbons (Fsp3) is 0.909. The van der Waals surface area contributed by atoms with Gasteiger partial charge in [0.25, 0.3) is 0 Å². The van der Waals surface area contributed by atoms with E-state index in [1.54, 1.807) is 0 Å². The summed E-state index contributed by atoms with van der Waals surface area (Å²) in [5.41, 5.74) is 0. The Morgan fingerprint density at radius 3 is 2.57 bits per heavy atom. The molecule has 1 fully saturated rings. The van der Waals surface area contributed by atoms with Gasteiger partial charge in [-0.3, -0.25) is 4.79 Å². The molecule has 0 radical (unpaired) electrons. The highest BCUT2D eigenvalue weighted by atomic mass is 32.1. The van der Waals surface area contributed by atoms with Crippen LogP contribution in [-0.4, -0.2) is 18.2 Å². The smallest absolute Gasteiger partial charge is 0.220 e. The molecular weight excluding hydrogens is 194 g/mol. The molecule has 1 saturated carbocycles. The molecule has 1 N–H and O–H groups in total. The molecule has 0 aliphatic heterocycles. The van der Waals surface area contributed by atoms with E-state index in [9.17, 15) is 4.79 Å². The van der Waals surface area contributed by atoms with Gasteiger partial charge in [0.1, 0.15) is 0 Å². The average molecular weight is 215 g/mol. The van der Waals surface area contributed by atoms with E-state index in [0.29, 0.717) is 12.2 Å². The van der Waals surface area contributed by atoms with Crippen molar-refractivity contribution in [2.45, 2.75) is 39.0 Å². The average Bonchev–Trinajstić information content (AvgIpc) is 2.17. The quantitative estimate of drug-likeness (QED) is 0.692. The molecule has 0 bridgehead atoms. The zero-order chi connectivity index (χ0) is 10.4. The third kappa shape index (κ3) is 4.36. The van der Waals surface area contributed by atoms with Crippen LogP contribution in [0, 0.1) is 11.8 Å². The molecule has 14 heavy (non-hydrogen) atoms. The lowest BCUT2D eigenvalue weighted by molar-refractivity contribution is -0.120. The third-order valence-electron chi connectivity index (χ3n) is 3.06. The number of rotatable bonds is 4. The number of amides is 1. The predicted molar refractivity (Wildman–Crippen MR) is 62.6 cm³/mol. The van der Waals surface area contributed by atoms with Crippen molar-refractivity contribution < 1.29 is 4.79 Å². The lowest BCUT2D eigenvalue weighted by Crippen LogP contribution is -2.31. The molecule has 1 amide bonds. The van der Waals surface area contributed by atoms with Crippen LogP contribution in [0.2, 0.25) is 0 Å². The number of carbonyl (C=O) groups excluding carboxylic acids is 1. The van der Waals surface area contributed by atoms with Crippen LogP contribution in [0.4, 0.5) is 0 Å². The summed E-state index contributed by atoms with van der Waals surface area (Å²) >= 11 is 4.03. The van der Waals surface area contributed by atoms with Crippen LogP contribution in [0.25, 0.3) is 0 Å². The summed E-state index contributed by atoms with van der Waals surface area (Å²) in [6.45, 7) is 3.19. The standard InChI is InChI=1S/C11H21NOS/c1-9-2-4-10(5-3-9)8-12-11(13)6-7-14/h9-10,14H,2-8H2,1H3,(H,12,13). The van der Waals surface area contributed by atoms with Crippen molar-refractivity contribution in [3.63, 3.8) is 0 Å². The lowest BCUT2D eigenvalue weighted by Gasteiger charge is -2.26. The Morgan fingerprint density at radius 1 is 1.36 bits per heavy atom. The molecule has 0 heterocycles. The van der Waals surface area contributed by atoms with Crippen molar-refractivity contribution in [3.8, 4) is 0 Å². The van der Waals surface area contributed by atoms with Gasteiger partial charge in [0.2, 0.25) is 5.91 Å². The molecular formula is C11H21NOS. The number of carbonyl (C=O) groups is 1. The second kappa shape index (κ2) is 6.33. The number of hydrogen-bond donors (Lipinski definition) is 2. The van der Waals surface area contributed by atoms with Gasteiger partial charge in [-0.05, 0) is 30.4 Å². The Hall–Kier alpha value is -0.180. The van der Waals surface area contributed by atoms with Crippen LogP contribution in [0.5, 0.6) is 0 Å². The van der Waals surface area contributed by atoms with Crippen LogP contribution >= 0.6 is 12.6 Å². The first-order chi connectivity index (χ1) is 6.72. The fourth-order valence-corrected chi connectivity index (χ4v) is 2.18. The van der Waals surface area contributed by atoms with Gasteiger partial charge in [-0.25, -0.2) is 0 Å². The van der Waals surface area contributed by atoms with E-state index in [4.69, 9.17) is 0 Å². The molecule has 0 aromatic rings. The lowest BCUT2D eigenvalue weighted by atomic mass is 9.83. The van der Waals surface area contributed by atoms with Crippen LogP contribution < -0.4 is 5.32 Å². The number of thiol groups is 1. The van der Waals surface area contributed by atoms with Gasteiger partial charge in [0, 0.05) is 13.0 Å². The summed E-state index contributed by atoms with van der Waals surface area (Å²) in [4.78, 5) is 11.2. The highest BCUT2D eigenvalue weighted by Gasteiger charge is 2.18. The summed E-state index contributed by atoms with van der Waals surface area (Å²) < 4.78 is 0. The summed E-state index contributed by atoms with van der Waals surface area (Å²) in [6.07, 6.45) is 5.76. The Balaban J connectivity index is 2.09. The summed E-state index contributed by atoms with van der Waals surface area (Å²) in [5.74, 6) is 2.40. The normalized spacial score (nSPS) is 27.3. The van der Waals surface area contributed by atoms with Crippen LogP contribution in [0.15, 0.2) is 0 Å². The van der Waals surface area contributed by atoms with E-state index in [2.05, 4.69) is 24.9 Å². The molecule has 1 aliphatic carbocycles. The van der Waals surface area contributed by atoms with Gasteiger partial charge >= 0.3 is 0 Å². The number of hydrogen-bond acceptors (Lipinski definition) is 2. The van der Waals surface area contributed by atoms with E-state index in [0.717, 1.165) is 18.4 Å². The fourth-order valence-electron chi connectivity index (χ4n) is 1.98. The van der Waals surface area contributed by atoms with Crippen molar-refractivity contribution in [2.24, 2.45) is 11.8 Å². The Kier molecular flexibility index (Phi) is 5.38. The van der Waals surface area contributed by atoms with Crippen LogP contribution in [-0.2, 0) is 4.79 Å². The first-order valence-electron chi connectivity index (χ1n) is 5.60. The first kappa shape index (κ1) is 11.9. The van der Waals surface area contributed by atoms with Crippen molar-refractivity contribution >= 4 is 18.5 Å². The minimum Gasteiger partial charge on any atom is -0.356 e. The van der Waals surface area contributed by atoms with E-state index in [1.165, 1.54) is 25.7 Å².